The molecule has 6 heteroatoms. The molecule has 0 saturated carbocycles. The van der Waals surface area contributed by atoms with Gasteiger partial charge in [0, 0.05) is 24.7 Å². The Balaban J connectivity index is 1.92. The van der Waals surface area contributed by atoms with E-state index in [1.54, 1.807) is 23.1 Å². The second-order valence-corrected chi connectivity index (χ2v) is 9.20. The van der Waals surface area contributed by atoms with Gasteiger partial charge in [0.15, 0.2) is 0 Å². The summed E-state index contributed by atoms with van der Waals surface area (Å²) in [6, 6.07) is 14.3. The van der Waals surface area contributed by atoms with Gasteiger partial charge in [-0.15, -0.1) is 0 Å². The van der Waals surface area contributed by atoms with Crippen LogP contribution in [-0.2, 0) is 21.2 Å². The number of rotatable bonds is 5. The summed E-state index contributed by atoms with van der Waals surface area (Å²) in [5.74, 6) is 0.0729. The third-order valence-corrected chi connectivity index (χ3v) is 6.46. The van der Waals surface area contributed by atoms with Gasteiger partial charge in [-0.2, -0.15) is 0 Å². The Kier molecular flexibility index (Phi) is 5.40. The predicted molar refractivity (Wildman–Crippen MR) is 107 cm³/mol. The fraction of sp³-hybridized carbons (Fsp3) is 0.381. The molecule has 0 aromatic heterocycles. The number of sulfonamides is 1. The summed E-state index contributed by atoms with van der Waals surface area (Å²) >= 11 is 0. The summed E-state index contributed by atoms with van der Waals surface area (Å²) < 4.78 is 28.9. The number of amides is 1. The van der Waals surface area contributed by atoms with E-state index in [0.717, 1.165) is 16.8 Å². The van der Waals surface area contributed by atoms with Gasteiger partial charge >= 0.3 is 0 Å². The van der Waals surface area contributed by atoms with Gasteiger partial charge in [0.2, 0.25) is 15.9 Å². The van der Waals surface area contributed by atoms with Crippen LogP contribution >= 0.6 is 0 Å². The first-order chi connectivity index (χ1) is 12.7. The molecule has 3 rings (SSSR count). The SMILES string of the molecule is CC(=O)N1c2ccc(S(=O)(=O)NC(c3ccccc3)C(C)C)cc2CC1C. The summed E-state index contributed by atoms with van der Waals surface area (Å²) in [4.78, 5) is 13.8. The average Bonchev–Trinajstić information content (AvgIpc) is 2.95. The van der Waals surface area contributed by atoms with Gasteiger partial charge in [-0.1, -0.05) is 44.2 Å². The third kappa shape index (κ3) is 3.92. The maximum absolute atomic E-state index is 13.0. The van der Waals surface area contributed by atoms with Gasteiger partial charge in [-0.3, -0.25) is 4.79 Å². The van der Waals surface area contributed by atoms with Gasteiger partial charge in [0.1, 0.15) is 0 Å². The van der Waals surface area contributed by atoms with E-state index in [9.17, 15) is 13.2 Å². The van der Waals surface area contributed by atoms with Crippen molar-refractivity contribution < 1.29 is 13.2 Å². The number of anilines is 1. The molecule has 0 bridgehead atoms. The van der Waals surface area contributed by atoms with Gasteiger partial charge in [-0.25, -0.2) is 13.1 Å². The Morgan fingerprint density at radius 3 is 2.41 bits per heavy atom. The van der Waals surface area contributed by atoms with Crippen LogP contribution in [0.1, 0.15) is 44.9 Å². The van der Waals surface area contributed by atoms with Gasteiger partial charge in [0.05, 0.1) is 4.90 Å². The van der Waals surface area contributed by atoms with E-state index in [2.05, 4.69) is 4.72 Å². The molecule has 2 aromatic carbocycles. The highest BCUT2D eigenvalue weighted by molar-refractivity contribution is 7.89. The van der Waals surface area contributed by atoms with E-state index < -0.39 is 10.0 Å². The van der Waals surface area contributed by atoms with Crippen LogP contribution in [0.15, 0.2) is 53.4 Å². The van der Waals surface area contributed by atoms with Crippen LogP contribution in [0, 0.1) is 5.92 Å². The molecule has 1 aliphatic rings. The number of nitrogens with one attached hydrogen (secondary N) is 1. The molecular formula is C21H26N2O3S. The normalized spacial score (nSPS) is 17.8. The average molecular weight is 387 g/mol. The topological polar surface area (TPSA) is 66.5 Å². The van der Waals surface area contributed by atoms with Crippen molar-refractivity contribution in [3.8, 4) is 0 Å². The van der Waals surface area contributed by atoms with Crippen LogP contribution in [0.3, 0.4) is 0 Å². The highest BCUT2D eigenvalue weighted by Gasteiger charge is 2.31. The van der Waals surface area contributed by atoms with Crippen LogP contribution in [0.4, 0.5) is 5.69 Å². The first-order valence-corrected chi connectivity index (χ1v) is 10.7. The van der Waals surface area contributed by atoms with Crippen molar-refractivity contribution in [1.29, 1.82) is 0 Å². The van der Waals surface area contributed by atoms with Crippen molar-refractivity contribution >= 4 is 21.6 Å². The molecule has 1 amide bonds. The van der Waals surface area contributed by atoms with Crippen molar-refractivity contribution in [1.82, 2.24) is 4.72 Å². The van der Waals surface area contributed by atoms with Crippen LogP contribution in [-0.4, -0.2) is 20.4 Å². The molecule has 0 spiro atoms. The van der Waals surface area contributed by atoms with E-state index in [1.807, 2.05) is 51.1 Å². The first kappa shape index (κ1) is 19.6. The highest BCUT2D eigenvalue weighted by Crippen LogP contribution is 2.34. The number of hydrogen-bond donors (Lipinski definition) is 1. The zero-order valence-corrected chi connectivity index (χ0v) is 17.0. The standard InChI is InChI=1S/C21H26N2O3S/c1-14(2)21(17-8-6-5-7-9-17)22-27(25,26)19-10-11-20-18(13-19)12-15(3)23(20)16(4)24/h5-11,13-15,21-22H,12H2,1-4H3. The van der Waals surface area contributed by atoms with Crippen LogP contribution in [0.25, 0.3) is 0 Å². The lowest BCUT2D eigenvalue weighted by Crippen LogP contribution is -2.33. The Labute approximate surface area is 161 Å². The van der Waals surface area contributed by atoms with E-state index in [-0.39, 0.29) is 28.8 Å². The van der Waals surface area contributed by atoms with Gasteiger partial charge in [0.25, 0.3) is 0 Å². The Hall–Kier alpha value is -2.18. The smallest absolute Gasteiger partial charge is 0.241 e. The molecule has 1 N–H and O–H groups in total. The molecule has 27 heavy (non-hydrogen) atoms. The summed E-state index contributed by atoms with van der Waals surface area (Å²) in [5.41, 5.74) is 2.63. The molecule has 5 nitrogen and oxygen atoms in total. The maximum Gasteiger partial charge on any atom is 0.241 e. The summed E-state index contributed by atoms with van der Waals surface area (Å²) in [7, 11) is -3.68. The molecule has 0 aliphatic carbocycles. The molecule has 2 unspecified atom stereocenters. The van der Waals surface area contributed by atoms with Gasteiger partial charge in [-0.05, 0) is 48.6 Å². The molecule has 2 atom stereocenters. The van der Waals surface area contributed by atoms with E-state index in [0.29, 0.717) is 6.42 Å². The molecule has 0 fully saturated rings. The Bertz CT molecular complexity index is 939. The highest BCUT2D eigenvalue weighted by atomic mass is 32.2. The first-order valence-electron chi connectivity index (χ1n) is 9.20. The van der Waals surface area contributed by atoms with Crippen molar-refractivity contribution in [2.45, 2.75) is 51.1 Å². The lowest BCUT2D eigenvalue weighted by molar-refractivity contribution is -0.116. The number of carbonyl (C=O) groups excluding carboxylic acids is 1. The Morgan fingerprint density at radius 1 is 1.15 bits per heavy atom. The van der Waals surface area contributed by atoms with E-state index >= 15 is 0 Å². The zero-order valence-electron chi connectivity index (χ0n) is 16.1. The lowest BCUT2D eigenvalue weighted by Gasteiger charge is -2.23. The van der Waals surface area contributed by atoms with Crippen LogP contribution < -0.4 is 9.62 Å². The molecule has 1 heterocycles. The van der Waals surface area contributed by atoms with Crippen molar-refractivity contribution in [2.24, 2.45) is 5.92 Å². The number of benzene rings is 2. The number of fused-ring (bicyclic) bond motifs is 1. The Morgan fingerprint density at radius 2 is 1.81 bits per heavy atom. The molecular weight excluding hydrogens is 360 g/mol. The minimum Gasteiger partial charge on any atom is -0.309 e. The van der Waals surface area contributed by atoms with E-state index in [4.69, 9.17) is 0 Å². The van der Waals surface area contributed by atoms with Gasteiger partial charge < -0.3 is 4.90 Å². The van der Waals surface area contributed by atoms with Crippen LogP contribution in [0.5, 0.6) is 0 Å². The molecule has 144 valence electrons. The van der Waals surface area contributed by atoms with Crippen molar-refractivity contribution in [2.75, 3.05) is 4.90 Å². The fourth-order valence-corrected chi connectivity index (χ4v) is 5.16. The van der Waals surface area contributed by atoms with E-state index in [1.165, 1.54) is 6.92 Å². The largest absolute Gasteiger partial charge is 0.309 e. The second-order valence-electron chi connectivity index (χ2n) is 7.49. The molecule has 2 aromatic rings. The summed E-state index contributed by atoms with van der Waals surface area (Å²) in [6.07, 6.45) is 0.657. The van der Waals surface area contributed by atoms with Crippen LogP contribution in [0.2, 0.25) is 0 Å². The summed E-state index contributed by atoms with van der Waals surface area (Å²) in [5, 5.41) is 0. The molecule has 0 radical (unpaired) electrons. The van der Waals surface area contributed by atoms with Crippen molar-refractivity contribution in [3.63, 3.8) is 0 Å². The fourth-order valence-electron chi connectivity index (χ4n) is 3.74. The molecule has 1 aliphatic heterocycles. The lowest BCUT2D eigenvalue weighted by atomic mass is 9.97. The zero-order chi connectivity index (χ0) is 19.8. The molecule has 0 saturated heterocycles. The maximum atomic E-state index is 13.0. The minimum absolute atomic E-state index is 0.0288. The number of carbonyl (C=O) groups is 1. The summed E-state index contributed by atoms with van der Waals surface area (Å²) in [6.45, 7) is 7.49. The number of hydrogen-bond acceptors (Lipinski definition) is 3. The quantitative estimate of drug-likeness (QED) is 0.853. The third-order valence-electron chi connectivity index (χ3n) is 5.02. The minimum atomic E-state index is -3.68. The van der Waals surface area contributed by atoms with Crippen molar-refractivity contribution in [3.05, 3.63) is 59.7 Å². The monoisotopic (exact) mass is 386 g/mol. The second kappa shape index (κ2) is 7.44. The number of nitrogens with zero attached hydrogens (tertiary/aromatic N) is 1. The predicted octanol–water partition coefficient (Wildman–Crippen LogP) is 3.66.